The first-order valence-electron chi connectivity index (χ1n) is 8.71. The Kier molecular flexibility index (Phi) is 14.9. The van der Waals surface area contributed by atoms with Gasteiger partial charge in [0, 0.05) is 0 Å². The average Bonchev–Trinajstić information content (AvgIpc) is 2.48. The number of aliphatic hydroxyl groups excluding tert-OH is 1. The molecule has 21 heavy (non-hydrogen) atoms. The van der Waals surface area contributed by atoms with Crippen LogP contribution in [0.25, 0.3) is 0 Å². The van der Waals surface area contributed by atoms with Crippen molar-refractivity contribution in [1.29, 1.82) is 0 Å². The van der Waals surface area contributed by atoms with Crippen molar-refractivity contribution in [3.63, 3.8) is 0 Å². The van der Waals surface area contributed by atoms with Crippen molar-refractivity contribution in [3.8, 4) is 0 Å². The predicted molar refractivity (Wildman–Crippen MR) is 88.0 cm³/mol. The van der Waals surface area contributed by atoms with Gasteiger partial charge in [0.05, 0.1) is 6.26 Å². The Bertz CT molecular complexity index is 251. The molecule has 0 aromatic carbocycles. The normalized spacial score (nSPS) is 12.1. The lowest BCUT2D eigenvalue weighted by molar-refractivity contribution is -0.147. The molecule has 0 radical (unpaired) electrons. The van der Waals surface area contributed by atoms with Crippen LogP contribution >= 0.6 is 0 Å². The minimum absolute atomic E-state index is 0.490. The van der Waals surface area contributed by atoms with E-state index >= 15 is 0 Å². The number of rotatable bonds is 15. The van der Waals surface area contributed by atoms with E-state index in [0.717, 1.165) is 19.1 Å². The smallest absolute Gasteiger partial charge is 0.339 e. The maximum Gasteiger partial charge on any atom is 0.339 e. The number of hydrogen-bond donors (Lipinski definition) is 1. The number of carbonyl (C=O) groups is 1. The summed E-state index contributed by atoms with van der Waals surface area (Å²) in [6, 6.07) is 0. The van der Waals surface area contributed by atoms with E-state index in [-0.39, 0.29) is 0 Å². The average molecular weight is 298 g/mol. The molecule has 0 fully saturated rings. The standard InChI is InChI=1S/C18H34O3/c1-3-5-6-7-8-9-10-11-12-13-14-15-16-17(19)18(20)21-4-2/h4,17,19H,2-3,5-16H2,1H3. The Labute approximate surface area is 130 Å². The highest BCUT2D eigenvalue weighted by Crippen LogP contribution is 2.13. The molecule has 0 aliphatic rings. The van der Waals surface area contributed by atoms with Gasteiger partial charge in [0.15, 0.2) is 6.10 Å². The molecule has 3 heteroatoms. The van der Waals surface area contributed by atoms with E-state index in [0.29, 0.717) is 6.42 Å². The summed E-state index contributed by atoms with van der Waals surface area (Å²) < 4.78 is 4.54. The van der Waals surface area contributed by atoms with Gasteiger partial charge in [0.2, 0.25) is 0 Å². The molecule has 0 rings (SSSR count). The first-order valence-corrected chi connectivity index (χ1v) is 8.71. The highest BCUT2D eigenvalue weighted by Gasteiger charge is 2.14. The Morgan fingerprint density at radius 2 is 1.38 bits per heavy atom. The lowest BCUT2D eigenvalue weighted by atomic mass is 10.0. The van der Waals surface area contributed by atoms with Crippen LogP contribution in [0.15, 0.2) is 12.8 Å². The lowest BCUT2D eigenvalue weighted by Crippen LogP contribution is -2.20. The largest absolute Gasteiger partial charge is 0.433 e. The van der Waals surface area contributed by atoms with E-state index in [2.05, 4.69) is 18.2 Å². The van der Waals surface area contributed by atoms with Crippen LogP contribution in [0.2, 0.25) is 0 Å². The van der Waals surface area contributed by atoms with Crippen LogP contribution in [0, 0.1) is 0 Å². The number of unbranched alkanes of at least 4 members (excludes halogenated alkanes) is 11. The number of aliphatic hydroxyl groups is 1. The predicted octanol–water partition coefficient (Wildman–Crippen LogP) is 5.13. The monoisotopic (exact) mass is 298 g/mol. The molecule has 1 unspecified atom stereocenters. The summed E-state index contributed by atoms with van der Waals surface area (Å²) in [7, 11) is 0. The first-order chi connectivity index (χ1) is 10.2. The zero-order valence-corrected chi connectivity index (χ0v) is 13.8. The second kappa shape index (κ2) is 15.6. The second-order valence-corrected chi connectivity index (χ2v) is 5.80. The molecule has 0 amide bonds. The minimum atomic E-state index is -0.994. The lowest BCUT2D eigenvalue weighted by Gasteiger charge is -2.07. The highest BCUT2D eigenvalue weighted by molar-refractivity contribution is 5.74. The number of carbonyl (C=O) groups excluding carboxylic acids is 1. The Balaban J connectivity index is 3.18. The van der Waals surface area contributed by atoms with Crippen LogP contribution in [-0.2, 0) is 9.53 Å². The topological polar surface area (TPSA) is 46.5 Å². The molecule has 0 bridgehead atoms. The van der Waals surface area contributed by atoms with E-state index in [9.17, 15) is 9.90 Å². The third-order valence-corrected chi connectivity index (χ3v) is 3.80. The maximum absolute atomic E-state index is 11.1. The molecule has 1 N–H and O–H groups in total. The van der Waals surface area contributed by atoms with Crippen LogP contribution in [0.3, 0.4) is 0 Å². The van der Waals surface area contributed by atoms with E-state index in [1.165, 1.54) is 64.2 Å². The third kappa shape index (κ3) is 13.9. The van der Waals surface area contributed by atoms with Gasteiger partial charge in [-0.1, -0.05) is 90.6 Å². The molecule has 1 atom stereocenters. The molecule has 0 heterocycles. The summed E-state index contributed by atoms with van der Waals surface area (Å²) in [6.45, 7) is 5.55. The van der Waals surface area contributed by atoms with Gasteiger partial charge >= 0.3 is 5.97 Å². The maximum atomic E-state index is 11.1. The SMILES string of the molecule is C=COC(=O)C(O)CCCCCCCCCCCCCC. The van der Waals surface area contributed by atoms with Gasteiger partial charge in [0.1, 0.15) is 0 Å². The van der Waals surface area contributed by atoms with Gasteiger partial charge in [-0.25, -0.2) is 4.79 Å². The Hall–Kier alpha value is -0.830. The Morgan fingerprint density at radius 3 is 1.81 bits per heavy atom. The first kappa shape index (κ1) is 20.2. The van der Waals surface area contributed by atoms with Crippen molar-refractivity contribution in [2.24, 2.45) is 0 Å². The number of hydrogen-bond acceptors (Lipinski definition) is 3. The van der Waals surface area contributed by atoms with Crippen molar-refractivity contribution in [1.82, 2.24) is 0 Å². The molecule has 0 spiro atoms. The quantitative estimate of drug-likeness (QED) is 0.259. The minimum Gasteiger partial charge on any atom is -0.433 e. The molecule has 3 nitrogen and oxygen atoms in total. The molecular weight excluding hydrogens is 264 g/mol. The van der Waals surface area contributed by atoms with Crippen molar-refractivity contribution >= 4 is 5.97 Å². The van der Waals surface area contributed by atoms with Gasteiger partial charge in [-0.15, -0.1) is 0 Å². The fourth-order valence-corrected chi connectivity index (χ4v) is 2.46. The summed E-state index contributed by atoms with van der Waals surface area (Å²) in [4.78, 5) is 11.1. The highest BCUT2D eigenvalue weighted by atomic mass is 16.5. The molecule has 0 aromatic heterocycles. The summed E-state index contributed by atoms with van der Waals surface area (Å²) in [5.74, 6) is -0.590. The van der Waals surface area contributed by atoms with Crippen LogP contribution in [0.4, 0.5) is 0 Å². The summed E-state index contributed by atoms with van der Waals surface area (Å²) in [5, 5.41) is 9.49. The van der Waals surface area contributed by atoms with Gasteiger partial charge in [0.25, 0.3) is 0 Å². The van der Waals surface area contributed by atoms with Crippen molar-refractivity contribution in [2.75, 3.05) is 0 Å². The molecule has 0 saturated carbocycles. The Morgan fingerprint density at radius 1 is 0.952 bits per heavy atom. The van der Waals surface area contributed by atoms with E-state index in [1.54, 1.807) is 0 Å². The number of esters is 1. The van der Waals surface area contributed by atoms with Gasteiger partial charge in [-0.3, -0.25) is 0 Å². The van der Waals surface area contributed by atoms with Crippen LogP contribution in [0.1, 0.15) is 90.4 Å². The summed E-state index contributed by atoms with van der Waals surface area (Å²) >= 11 is 0. The van der Waals surface area contributed by atoms with E-state index < -0.39 is 12.1 Å². The zero-order chi connectivity index (χ0) is 15.8. The summed E-state index contributed by atoms with van der Waals surface area (Å²) in [5.41, 5.74) is 0. The molecule has 0 aliphatic heterocycles. The van der Waals surface area contributed by atoms with Crippen molar-refractivity contribution in [2.45, 2.75) is 96.5 Å². The van der Waals surface area contributed by atoms with E-state index in [1.807, 2.05) is 0 Å². The number of ether oxygens (including phenoxy) is 1. The fourth-order valence-electron chi connectivity index (χ4n) is 2.46. The van der Waals surface area contributed by atoms with Crippen molar-refractivity contribution < 1.29 is 14.6 Å². The van der Waals surface area contributed by atoms with Crippen LogP contribution in [0.5, 0.6) is 0 Å². The van der Waals surface area contributed by atoms with Crippen LogP contribution in [-0.4, -0.2) is 17.2 Å². The zero-order valence-electron chi connectivity index (χ0n) is 13.8. The second-order valence-electron chi connectivity index (χ2n) is 5.80. The third-order valence-electron chi connectivity index (χ3n) is 3.80. The van der Waals surface area contributed by atoms with Gasteiger partial charge in [-0.05, 0) is 6.42 Å². The van der Waals surface area contributed by atoms with Gasteiger partial charge in [-0.2, -0.15) is 0 Å². The van der Waals surface area contributed by atoms with Crippen LogP contribution < -0.4 is 0 Å². The summed E-state index contributed by atoms with van der Waals surface area (Å²) in [6.07, 6.45) is 15.9. The molecule has 0 aliphatic carbocycles. The van der Waals surface area contributed by atoms with Gasteiger partial charge < -0.3 is 9.84 Å². The fraction of sp³-hybridized carbons (Fsp3) is 0.833. The van der Waals surface area contributed by atoms with Crippen molar-refractivity contribution in [3.05, 3.63) is 12.8 Å². The van der Waals surface area contributed by atoms with E-state index in [4.69, 9.17) is 0 Å². The molecule has 0 saturated heterocycles. The molecular formula is C18H34O3. The molecule has 124 valence electrons. The molecule has 0 aromatic rings.